The highest BCUT2D eigenvalue weighted by Gasteiger charge is 2.35. The lowest BCUT2D eigenvalue weighted by atomic mass is 9.89. The van der Waals surface area contributed by atoms with E-state index in [1.807, 2.05) is 14.1 Å². The van der Waals surface area contributed by atoms with Gasteiger partial charge in [-0.05, 0) is 45.1 Å². The second-order valence-corrected chi connectivity index (χ2v) is 6.64. The van der Waals surface area contributed by atoms with Crippen LogP contribution < -0.4 is 0 Å². The van der Waals surface area contributed by atoms with Gasteiger partial charge in [-0.25, -0.2) is 5.06 Å². The fourth-order valence-electron chi connectivity index (χ4n) is 3.09. The van der Waals surface area contributed by atoms with E-state index in [0.717, 1.165) is 19.3 Å². The highest BCUT2D eigenvalue weighted by atomic mass is 35.5. The molecule has 0 heterocycles. The van der Waals surface area contributed by atoms with Gasteiger partial charge >= 0.3 is 0 Å². The molecule has 1 fully saturated rings. The van der Waals surface area contributed by atoms with Crippen molar-refractivity contribution in [3.63, 3.8) is 0 Å². The zero-order valence-electron chi connectivity index (χ0n) is 13.2. The molecule has 1 aliphatic carbocycles. The standard InChI is InChI=1S/C16H22Cl2N2O2/c1-19(2)14-6-4-5-7-15(14)20(22-3)16(21)11-8-9-12(17)13(18)10-11/h8-10,14-15H,4-7H2,1-3H3/t14-,15-/m1/s1. The molecule has 1 aromatic rings. The highest BCUT2D eigenvalue weighted by molar-refractivity contribution is 6.42. The van der Waals surface area contributed by atoms with Gasteiger partial charge in [0.1, 0.15) is 0 Å². The van der Waals surface area contributed by atoms with Crippen LogP contribution in [0.2, 0.25) is 10.0 Å². The van der Waals surface area contributed by atoms with Crippen LogP contribution in [0.3, 0.4) is 0 Å². The summed E-state index contributed by atoms with van der Waals surface area (Å²) in [6, 6.07) is 5.23. The summed E-state index contributed by atoms with van der Waals surface area (Å²) in [7, 11) is 5.62. The largest absolute Gasteiger partial charge is 0.304 e. The Hall–Kier alpha value is -0.810. The fraction of sp³-hybridized carbons (Fsp3) is 0.562. The zero-order valence-corrected chi connectivity index (χ0v) is 14.7. The van der Waals surface area contributed by atoms with Crippen molar-refractivity contribution in [2.24, 2.45) is 0 Å². The van der Waals surface area contributed by atoms with E-state index >= 15 is 0 Å². The Morgan fingerprint density at radius 2 is 1.77 bits per heavy atom. The molecular weight excluding hydrogens is 323 g/mol. The molecule has 0 spiro atoms. The van der Waals surface area contributed by atoms with E-state index in [1.165, 1.54) is 18.6 Å². The molecule has 4 nitrogen and oxygen atoms in total. The molecule has 0 saturated heterocycles. The molecule has 1 aromatic carbocycles. The van der Waals surface area contributed by atoms with Crippen LogP contribution in [0, 0.1) is 0 Å². The number of rotatable bonds is 4. The molecule has 1 amide bonds. The van der Waals surface area contributed by atoms with Gasteiger partial charge in [-0.2, -0.15) is 0 Å². The molecule has 22 heavy (non-hydrogen) atoms. The van der Waals surface area contributed by atoms with Gasteiger partial charge in [0.2, 0.25) is 0 Å². The molecule has 0 unspecified atom stereocenters. The lowest BCUT2D eigenvalue weighted by molar-refractivity contribution is -0.144. The van der Waals surface area contributed by atoms with E-state index in [0.29, 0.717) is 21.7 Å². The Bertz CT molecular complexity index is 537. The molecule has 2 rings (SSSR count). The summed E-state index contributed by atoms with van der Waals surface area (Å²) in [5, 5.41) is 2.30. The molecule has 6 heteroatoms. The topological polar surface area (TPSA) is 32.8 Å². The number of amides is 1. The minimum absolute atomic E-state index is 0.0377. The number of nitrogens with zero attached hydrogens (tertiary/aromatic N) is 2. The van der Waals surface area contributed by atoms with Gasteiger partial charge in [0.15, 0.2) is 0 Å². The number of likely N-dealkylation sites (N-methyl/N-ethyl adjacent to an activating group) is 1. The second-order valence-electron chi connectivity index (χ2n) is 5.83. The Morgan fingerprint density at radius 1 is 1.14 bits per heavy atom. The molecule has 1 saturated carbocycles. The summed E-state index contributed by atoms with van der Waals surface area (Å²) >= 11 is 11.9. The van der Waals surface area contributed by atoms with Crippen molar-refractivity contribution >= 4 is 29.1 Å². The maximum Gasteiger partial charge on any atom is 0.277 e. The molecule has 0 N–H and O–H groups in total. The second kappa shape index (κ2) is 7.64. The number of carbonyl (C=O) groups is 1. The molecule has 0 radical (unpaired) electrons. The van der Waals surface area contributed by atoms with Gasteiger partial charge in [0.05, 0.1) is 23.2 Å². The van der Waals surface area contributed by atoms with E-state index in [4.69, 9.17) is 28.0 Å². The Morgan fingerprint density at radius 3 is 2.32 bits per heavy atom. The first-order valence-electron chi connectivity index (χ1n) is 7.45. The minimum atomic E-state index is -0.181. The van der Waals surface area contributed by atoms with Gasteiger partial charge in [-0.3, -0.25) is 9.63 Å². The van der Waals surface area contributed by atoms with Crippen LogP contribution in [-0.2, 0) is 4.84 Å². The number of hydrogen-bond donors (Lipinski definition) is 0. The van der Waals surface area contributed by atoms with Gasteiger partial charge in [0.25, 0.3) is 5.91 Å². The molecule has 0 bridgehead atoms. The van der Waals surface area contributed by atoms with E-state index in [1.54, 1.807) is 18.2 Å². The Balaban J connectivity index is 2.25. The summed E-state index contributed by atoms with van der Waals surface area (Å²) in [5.74, 6) is -0.181. The van der Waals surface area contributed by atoms with Crippen molar-refractivity contribution in [2.45, 2.75) is 37.8 Å². The predicted octanol–water partition coefficient (Wildman–Crippen LogP) is 3.87. The first-order valence-corrected chi connectivity index (χ1v) is 8.20. The van der Waals surface area contributed by atoms with Crippen molar-refractivity contribution < 1.29 is 9.63 Å². The smallest absolute Gasteiger partial charge is 0.277 e. The molecule has 2 atom stereocenters. The maximum atomic E-state index is 12.8. The first-order chi connectivity index (χ1) is 10.5. The van der Waals surface area contributed by atoms with Crippen LogP contribution in [0.25, 0.3) is 0 Å². The number of hydrogen-bond acceptors (Lipinski definition) is 3. The van der Waals surface area contributed by atoms with Crippen LogP contribution in [-0.4, -0.2) is 49.2 Å². The first kappa shape index (κ1) is 17.5. The molecule has 0 aromatic heterocycles. The Labute approximate surface area is 141 Å². The summed E-state index contributed by atoms with van der Waals surface area (Å²) in [6.45, 7) is 0. The number of carbonyl (C=O) groups excluding carboxylic acids is 1. The third-order valence-corrected chi connectivity index (χ3v) is 4.96. The van der Waals surface area contributed by atoms with Crippen LogP contribution in [0.15, 0.2) is 18.2 Å². The lowest BCUT2D eigenvalue weighted by Crippen LogP contribution is -2.52. The quantitative estimate of drug-likeness (QED) is 0.777. The zero-order chi connectivity index (χ0) is 16.3. The SMILES string of the molecule is CON(C(=O)c1ccc(Cl)c(Cl)c1)[C@@H]1CCCC[C@H]1N(C)C. The lowest BCUT2D eigenvalue weighted by Gasteiger charge is -2.41. The van der Waals surface area contributed by atoms with Crippen LogP contribution in [0.5, 0.6) is 0 Å². The highest BCUT2D eigenvalue weighted by Crippen LogP contribution is 2.29. The van der Waals surface area contributed by atoms with Crippen LogP contribution >= 0.6 is 23.2 Å². The summed E-state index contributed by atoms with van der Waals surface area (Å²) in [5.41, 5.74) is 0.485. The third kappa shape index (κ3) is 3.74. The van der Waals surface area contributed by atoms with Crippen molar-refractivity contribution in [1.82, 2.24) is 9.96 Å². The monoisotopic (exact) mass is 344 g/mol. The Kier molecular flexibility index (Phi) is 6.09. The molecular formula is C16H22Cl2N2O2. The molecule has 122 valence electrons. The van der Waals surface area contributed by atoms with Crippen LogP contribution in [0.4, 0.5) is 0 Å². The minimum Gasteiger partial charge on any atom is -0.304 e. The van der Waals surface area contributed by atoms with Gasteiger partial charge in [-0.15, -0.1) is 0 Å². The van der Waals surface area contributed by atoms with Crippen molar-refractivity contribution in [1.29, 1.82) is 0 Å². The summed E-state index contributed by atoms with van der Waals surface area (Å²) in [4.78, 5) is 20.4. The molecule has 0 aliphatic heterocycles. The van der Waals surface area contributed by atoms with Crippen molar-refractivity contribution in [3.8, 4) is 0 Å². The van der Waals surface area contributed by atoms with Crippen molar-refractivity contribution in [2.75, 3.05) is 21.2 Å². The normalized spacial score (nSPS) is 21.9. The van der Waals surface area contributed by atoms with E-state index < -0.39 is 0 Å². The van der Waals surface area contributed by atoms with Gasteiger partial charge < -0.3 is 4.90 Å². The van der Waals surface area contributed by atoms with E-state index in [9.17, 15) is 4.79 Å². The molecule has 1 aliphatic rings. The van der Waals surface area contributed by atoms with Gasteiger partial charge in [0, 0.05) is 11.6 Å². The number of benzene rings is 1. The summed E-state index contributed by atoms with van der Waals surface area (Å²) in [6.07, 6.45) is 4.28. The fourth-order valence-corrected chi connectivity index (χ4v) is 3.39. The van der Waals surface area contributed by atoms with Crippen LogP contribution in [0.1, 0.15) is 36.0 Å². The van der Waals surface area contributed by atoms with E-state index in [2.05, 4.69) is 4.90 Å². The maximum absolute atomic E-state index is 12.8. The van der Waals surface area contributed by atoms with E-state index in [-0.39, 0.29) is 11.9 Å². The number of hydroxylamine groups is 2. The van der Waals surface area contributed by atoms with Gasteiger partial charge in [-0.1, -0.05) is 36.0 Å². The summed E-state index contributed by atoms with van der Waals surface area (Å²) < 4.78 is 0. The average Bonchev–Trinajstić information content (AvgIpc) is 2.51. The number of halogens is 2. The van der Waals surface area contributed by atoms with Crippen molar-refractivity contribution in [3.05, 3.63) is 33.8 Å². The predicted molar refractivity (Wildman–Crippen MR) is 89.4 cm³/mol. The average molecular weight is 345 g/mol. The third-order valence-electron chi connectivity index (χ3n) is 4.22.